The third-order valence-electron chi connectivity index (χ3n) is 2.71. The van der Waals surface area contributed by atoms with Crippen molar-refractivity contribution in [1.29, 1.82) is 0 Å². The van der Waals surface area contributed by atoms with E-state index in [0.717, 1.165) is 32.7 Å². The fourth-order valence-electron chi connectivity index (χ4n) is 1.76. The van der Waals surface area contributed by atoms with Gasteiger partial charge in [0.15, 0.2) is 0 Å². The van der Waals surface area contributed by atoms with Gasteiger partial charge in [0.1, 0.15) is 0 Å². The summed E-state index contributed by atoms with van der Waals surface area (Å²) in [6, 6.07) is 0. The zero-order valence-electron chi connectivity index (χ0n) is 10.5. The van der Waals surface area contributed by atoms with E-state index in [1.54, 1.807) is 7.11 Å². The van der Waals surface area contributed by atoms with Crippen molar-refractivity contribution in [1.82, 2.24) is 0 Å². The minimum absolute atomic E-state index is 0.243. The van der Waals surface area contributed by atoms with Gasteiger partial charge in [-0.05, 0) is 31.6 Å². The first-order valence-corrected chi connectivity index (χ1v) is 5.84. The fraction of sp³-hybridized carbons (Fsp3) is 1.00. The highest BCUT2D eigenvalue weighted by Crippen LogP contribution is 2.19. The van der Waals surface area contributed by atoms with Gasteiger partial charge >= 0.3 is 0 Å². The summed E-state index contributed by atoms with van der Waals surface area (Å²) in [5.41, 5.74) is 0. The average Bonchev–Trinajstić information content (AvgIpc) is 2.15. The maximum atomic E-state index is 9.55. The summed E-state index contributed by atoms with van der Waals surface area (Å²) >= 11 is 0. The molecular weight excluding hydrogens is 192 g/mol. The number of hydrogen-bond donors (Lipinski definition) is 1. The van der Waals surface area contributed by atoms with E-state index >= 15 is 0 Å². The Labute approximate surface area is 93.8 Å². The average molecular weight is 218 g/mol. The number of aliphatic hydroxyl groups excluding tert-OH is 1. The Morgan fingerprint density at radius 2 is 1.73 bits per heavy atom. The maximum absolute atomic E-state index is 9.55. The zero-order chi connectivity index (χ0) is 11.7. The summed E-state index contributed by atoms with van der Waals surface area (Å²) in [6.07, 6.45) is 1.63. The van der Waals surface area contributed by atoms with Crippen LogP contribution in [0.2, 0.25) is 0 Å². The molecule has 0 spiro atoms. The molecule has 0 aliphatic heterocycles. The second-order valence-corrected chi connectivity index (χ2v) is 4.40. The highest BCUT2D eigenvalue weighted by molar-refractivity contribution is 4.68. The molecule has 2 atom stereocenters. The van der Waals surface area contributed by atoms with Crippen molar-refractivity contribution in [3.8, 4) is 0 Å². The third-order valence-corrected chi connectivity index (χ3v) is 2.71. The molecule has 3 heteroatoms. The first-order valence-electron chi connectivity index (χ1n) is 5.84. The van der Waals surface area contributed by atoms with Crippen molar-refractivity contribution < 1.29 is 14.6 Å². The monoisotopic (exact) mass is 218 g/mol. The van der Waals surface area contributed by atoms with Crippen molar-refractivity contribution in [2.24, 2.45) is 11.8 Å². The van der Waals surface area contributed by atoms with Crippen LogP contribution in [-0.4, -0.2) is 38.1 Å². The fourth-order valence-corrected chi connectivity index (χ4v) is 1.76. The van der Waals surface area contributed by atoms with Crippen LogP contribution < -0.4 is 0 Å². The topological polar surface area (TPSA) is 38.7 Å². The summed E-state index contributed by atoms with van der Waals surface area (Å²) in [5, 5.41) is 9.55. The predicted molar refractivity (Wildman–Crippen MR) is 61.9 cm³/mol. The van der Waals surface area contributed by atoms with E-state index < -0.39 is 0 Å². The van der Waals surface area contributed by atoms with Gasteiger partial charge in [-0.3, -0.25) is 0 Å². The zero-order valence-corrected chi connectivity index (χ0v) is 10.5. The number of rotatable bonds is 9. The van der Waals surface area contributed by atoms with Gasteiger partial charge in [0.25, 0.3) is 0 Å². The molecule has 0 saturated heterocycles. The smallest absolute Gasteiger partial charge is 0.0543 e. The second-order valence-electron chi connectivity index (χ2n) is 4.40. The van der Waals surface area contributed by atoms with E-state index in [1.807, 2.05) is 6.92 Å². The van der Waals surface area contributed by atoms with Crippen LogP contribution >= 0.6 is 0 Å². The van der Waals surface area contributed by atoms with E-state index in [1.165, 1.54) is 0 Å². The molecule has 0 fully saturated rings. The molecule has 0 aromatic carbocycles. The summed E-state index contributed by atoms with van der Waals surface area (Å²) < 4.78 is 10.4. The van der Waals surface area contributed by atoms with Crippen molar-refractivity contribution in [3.63, 3.8) is 0 Å². The van der Waals surface area contributed by atoms with Crippen LogP contribution in [0.4, 0.5) is 0 Å². The molecule has 0 saturated carbocycles. The molecule has 0 aliphatic carbocycles. The summed E-state index contributed by atoms with van der Waals surface area (Å²) in [7, 11) is 1.70. The standard InChI is InChI=1S/C12H26O3/c1-10(2)12(11(3)13)6-9-15-8-5-7-14-4/h10-13H,5-9H2,1-4H3. The van der Waals surface area contributed by atoms with E-state index in [0.29, 0.717) is 11.8 Å². The number of aliphatic hydroxyl groups is 1. The van der Waals surface area contributed by atoms with E-state index in [2.05, 4.69) is 13.8 Å². The van der Waals surface area contributed by atoms with Gasteiger partial charge in [-0.1, -0.05) is 13.8 Å². The Balaban J connectivity index is 3.46. The minimum atomic E-state index is -0.243. The van der Waals surface area contributed by atoms with Crippen LogP contribution in [0.1, 0.15) is 33.6 Å². The molecule has 0 heterocycles. The largest absolute Gasteiger partial charge is 0.393 e. The maximum Gasteiger partial charge on any atom is 0.0543 e. The Kier molecular flexibility index (Phi) is 9.06. The third kappa shape index (κ3) is 7.77. The Morgan fingerprint density at radius 3 is 2.20 bits per heavy atom. The first kappa shape index (κ1) is 14.9. The Morgan fingerprint density at radius 1 is 1.07 bits per heavy atom. The van der Waals surface area contributed by atoms with E-state index in [9.17, 15) is 5.11 Å². The van der Waals surface area contributed by atoms with Crippen LogP contribution in [0.3, 0.4) is 0 Å². The SMILES string of the molecule is COCCCOCCC(C(C)C)C(C)O. The van der Waals surface area contributed by atoms with Crippen molar-refractivity contribution in [2.45, 2.75) is 39.7 Å². The van der Waals surface area contributed by atoms with Crippen LogP contribution in [0.5, 0.6) is 0 Å². The number of methoxy groups -OCH3 is 1. The van der Waals surface area contributed by atoms with Crippen molar-refractivity contribution >= 4 is 0 Å². The minimum Gasteiger partial charge on any atom is -0.393 e. The molecule has 0 aromatic rings. The van der Waals surface area contributed by atoms with Crippen LogP contribution in [0, 0.1) is 11.8 Å². The lowest BCUT2D eigenvalue weighted by Gasteiger charge is -2.23. The highest BCUT2D eigenvalue weighted by atomic mass is 16.5. The number of hydrogen-bond acceptors (Lipinski definition) is 3. The van der Waals surface area contributed by atoms with Crippen LogP contribution in [0.15, 0.2) is 0 Å². The molecule has 0 bridgehead atoms. The predicted octanol–water partition coefficient (Wildman–Crippen LogP) is 2.08. The van der Waals surface area contributed by atoms with Crippen molar-refractivity contribution in [3.05, 3.63) is 0 Å². The second kappa shape index (κ2) is 9.13. The molecular formula is C12H26O3. The van der Waals surface area contributed by atoms with E-state index in [-0.39, 0.29) is 6.10 Å². The lowest BCUT2D eigenvalue weighted by molar-refractivity contribution is 0.0489. The normalized spacial score (nSPS) is 15.6. The molecule has 0 rings (SSSR count). The lowest BCUT2D eigenvalue weighted by Crippen LogP contribution is -2.24. The molecule has 92 valence electrons. The van der Waals surface area contributed by atoms with E-state index in [4.69, 9.17) is 9.47 Å². The van der Waals surface area contributed by atoms with Gasteiger partial charge in [0.05, 0.1) is 6.10 Å². The van der Waals surface area contributed by atoms with Crippen LogP contribution in [-0.2, 0) is 9.47 Å². The quantitative estimate of drug-likeness (QED) is 0.602. The lowest BCUT2D eigenvalue weighted by atomic mass is 9.88. The Bertz CT molecular complexity index is 127. The number of ether oxygens (including phenoxy) is 2. The Hall–Kier alpha value is -0.120. The summed E-state index contributed by atoms with van der Waals surface area (Å²) in [6.45, 7) is 8.38. The van der Waals surface area contributed by atoms with Gasteiger partial charge in [-0.2, -0.15) is 0 Å². The first-order chi connectivity index (χ1) is 7.09. The molecule has 0 aromatic heterocycles. The molecule has 1 N–H and O–H groups in total. The van der Waals surface area contributed by atoms with Gasteiger partial charge < -0.3 is 14.6 Å². The van der Waals surface area contributed by atoms with Crippen molar-refractivity contribution in [2.75, 3.05) is 26.9 Å². The van der Waals surface area contributed by atoms with Gasteiger partial charge in [-0.15, -0.1) is 0 Å². The molecule has 0 amide bonds. The molecule has 15 heavy (non-hydrogen) atoms. The summed E-state index contributed by atoms with van der Waals surface area (Å²) in [5.74, 6) is 0.847. The summed E-state index contributed by atoms with van der Waals surface area (Å²) in [4.78, 5) is 0. The van der Waals surface area contributed by atoms with Crippen LogP contribution in [0.25, 0.3) is 0 Å². The van der Waals surface area contributed by atoms with Gasteiger partial charge in [0.2, 0.25) is 0 Å². The van der Waals surface area contributed by atoms with Gasteiger partial charge in [0, 0.05) is 26.9 Å². The molecule has 0 aliphatic rings. The molecule has 0 radical (unpaired) electrons. The van der Waals surface area contributed by atoms with Gasteiger partial charge in [-0.25, -0.2) is 0 Å². The molecule has 3 nitrogen and oxygen atoms in total. The highest BCUT2D eigenvalue weighted by Gasteiger charge is 2.18. The molecule has 2 unspecified atom stereocenters.